The number of nitrogens with zero attached hydrogens (tertiary/aromatic N) is 2. The molecule has 0 radical (unpaired) electrons. The lowest BCUT2D eigenvalue weighted by Gasteiger charge is -1.99. The van der Waals surface area contributed by atoms with Gasteiger partial charge >= 0.3 is 5.97 Å². The highest BCUT2D eigenvalue weighted by atomic mass is 16.4. The fourth-order valence-electron chi connectivity index (χ4n) is 1.90. The number of azo groups is 1. The van der Waals surface area contributed by atoms with E-state index in [1.165, 1.54) is 0 Å². The topological polar surface area (TPSA) is 91.1 Å². The van der Waals surface area contributed by atoms with E-state index in [-0.39, 0.29) is 5.91 Å². The molecular formula is C17H17N3O3. The zero-order valence-corrected chi connectivity index (χ0v) is 12.4. The number of carboxylic acid groups (broad SMARTS) is 1. The van der Waals surface area contributed by atoms with Gasteiger partial charge in [0.25, 0.3) is 0 Å². The Balaban J connectivity index is 0.000000185. The molecule has 0 aromatic heterocycles. The molecule has 0 aliphatic carbocycles. The van der Waals surface area contributed by atoms with Gasteiger partial charge in [-0.25, -0.2) is 4.79 Å². The Morgan fingerprint density at radius 2 is 1.43 bits per heavy atom. The molecule has 6 nitrogen and oxygen atoms in total. The van der Waals surface area contributed by atoms with Crippen LogP contribution in [-0.2, 0) is 9.59 Å². The van der Waals surface area contributed by atoms with Crippen molar-refractivity contribution in [1.82, 2.24) is 5.32 Å². The Morgan fingerprint density at radius 1 is 0.957 bits per heavy atom. The highest BCUT2D eigenvalue weighted by molar-refractivity contribution is 5.87. The minimum atomic E-state index is -0.944. The third kappa shape index (κ3) is 5.70. The number of rotatable bonds is 3. The summed E-state index contributed by atoms with van der Waals surface area (Å²) >= 11 is 0. The summed E-state index contributed by atoms with van der Waals surface area (Å²) in [5, 5.41) is 18.8. The Hall–Kier alpha value is -3.02. The molecule has 1 heterocycles. The van der Waals surface area contributed by atoms with E-state index in [4.69, 9.17) is 5.11 Å². The van der Waals surface area contributed by atoms with Gasteiger partial charge in [-0.3, -0.25) is 4.79 Å². The minimum absolute atomic E-state index is 0.164. The van der Waals surface area contributed by atoms with Crippen molar-refractivity contribution in [2.45, 2.75) is 18.9 Å². The second-order valence-electron chi connectivity index (χ2n) is 4.87. The maximum Gasteiger partial charge on any atom is 0.326 e. The summed E-state index contributed by atoms with van der Waals surface area (Å²) < 4.78 is 0. The molecule has 1 atom stereocenters. The molecule has 1 saturated heterocycles. The van der Waals surface area contributed by atoms with Gasteiger partial charge in [-0.1, -0.05) is 36.4 Å². The Labute approximate surface area is 133 Å². The van der Waals surface area contributed by atoms with Gasteiger partial charge in [0.15, 0.2) is 0 Å². The highest BCUT2D eigenvalue weighted by Gasteiger charge is 2.26. The van der Waals surface area contributed by atoms with Crippen molar-refractivity contribution >= 4 is 23.3 Å². The average molecular weight is 311 g/mol. The van der Waals surface area contributed by atoms with Gasteiger partial charge in [-0.2, -0.15) is 10.2 Å². The molecule has 1 aliphatic rings. The first-order valence-electron chi connectivity index (χ1n) is 7.19. The van der Waals surface area contributed by atoms with E-state index < -0.39 is 12.0 Å². The van der Waals surface area contributed by atoms with Crippen LogP contribution in [0.25, 0.3) is 0 Å². The van der Waals surface area contributed by atoms with Gasteiger partial charge in [0.2, 0.25) is 5.91 Å². The fraction of sp³-hybridized carbons (Fsp3) is 0.176. The number of amides is 1. The SMILES string of the molecule is O=C1CC[C@@H](C(=O)O)N1.c1ccc(N=Nc2ccccc2)cc1. The highest BCUT2D eigenvalue weighted by Crippen LogP contribution is 2.16. The van der Waals surface area contributed by atoms with Gasteiger partial charge in [-0.05, 0) is 30.7 Å². The summed E-state index contributed by atoms with van der Waals surface area (Å²) in [6, 6.07) is 18.7. The smallest absolute Gasteiger partial charge is 0.326 e. The first-order chi connectivity index (χ1) is 11.1. The summed E-state index contributed by atoms with van der Waals surface area (Å²) in [5.41, 5.74) is 1.74. The van der Waals surface area contributed by atoms with E-state index in [2.05, 4.69) is 15.5 Å². The van der Waals surface area contributed by atoms with Crippen molar-refractivity contribution in [1.29, 1.82) is 0 Å². The Bertz CT molecular complexity index is 630. The van der Waals surface area contributed by atoms with Gasteiger partial charge in [0.1, 0.15) is 6.04 Å². The van der Waals surface area contributed by atoms with Crippen LogP contribution in [0, 0.1) is 0 Å². The lowest BCUT2D eigenvalue weighted by Crippen LogP contribution is -2.32. The molecular weight excluding hydrogens is 294 g/mol. The van der Waals surface area contributed by atoms with Crippen LogP contribution in [-0.4, -0.2) is 23.0 Å². The molecule has 1 aliphatic heterocycles. The van der Waals surface area contributed by atoms with Crippen LogP contribution >= 0.6 is 0 Å². The van der Waals surface area contributed by atoms with Crippen LogP contribution in [0.3, 0.4) is 0 Å². The molecule has 1 amide bonds. The molecule has 3 rings (SSSR count). The van der Waals surface area contributed by atoms with Crippen LogP contribution in [0.5, 0.6) is 0 Å². The average Bonchev–Trinajstić information content (AvgIpc) is 3.02. The van der Waals surface area contributed by atoms with Crippen molar-refractivity contribution in [2.75, 3.05) is 0 Å². The summed E-state index contributed by atoms with van der Waals surface area (Å²) in [6.07, 6.45) is 0.769. The van der Waals surface area contributed by atoms with Crippen molar-refractivity contribution in [3.63, 3.8) is 0 Å². The molecule has 0 unspecified atom stereocenters. The third-order valence-corrected chi connectivity index (χ3v) is 3.09. The van der Waals surface area contributed by atoms with Crippen LogP contribution in [0.15, 0.2) is 70.9 Å². The van der Waals surface area contributed by atoms with E-state index in [0.717, 1.165) is 11.4 Å². The Kier molecular flexibility index (Phi) is 5.99. The third-order valence-electron chi connectivity index (χ3n) is 3.09. The molecule has 118 valence electrons. The number of carboxylic acids is 1. The quantitative estimate of drug-likeness (QED) is 0.850. The molecule has 2 aromatic carbocycles. The van der Waals surface area contributed by atoms with Gasteiger partial charge in [-0.15, -0.1) is 0 Å². The summed E-state index contributed by atoms with van der Waals surface area (Å²) in [6.45, 7) is 0. The minimum Gasteiger partial charge on any atom is -0.480 e. The van der Waals surface area contributed by atoms with E-state index in [0.29, 0.717) is 12.8 Å². The lowest BCUT2D eigenvalue weighted by molar-refractivity contribution is -0.140. The molecule has 0 bridgehead atoms. The van der Waals surface area contributed by atoms with Crippen LogP contribution in [0.2, 0.25) is 0 Å². The monoisotopic (exact) mass is 311 g/mol. The van der Waals surface area contributed by atoms with Crippen molar-refractivity contribution < 1.29 is 14.7 Å². The molecule has 23 heavy (non-hydrogen) atoms. The predicted molar refractivity (Wildman–Crippen MR) is 85.9 cm³/mol. The fourth-order valence-corrected chi connectivity index (χ4v) is 1.90. The molecule has 6 heteroatoms. The number of hydrogen-bond donors (Lipinski definition) is 2. The standard InChI is InChI=1S/C12H10N2.C5H7NO3/c1-3-7-11(8-4-1)13-14-12-9-5-2-6-10-12;7-4-2-1-3(6-4)5(8)9/h1-10H;3H,1-2H2,(H,6,7)(H,8,9)/t;3-/m.0/s1. The molecule has 0 saturated carbocycles. The number of carbonyl (C=O) groups excluding carboxylic acids is 1. The number of hydrogen-bond acceptors (Lipinski definition) is 4. The van der Waals surface area contributed by atoms with E-state index in [1.54, 1.807) is 0 Å². The number of nitrogens with one attached hydrogen (secondary N) is 1. The van der Waals surface area contributed by atoms with Gasteiger partial charge in [0, 0.05) is 6.42 Å². The first kappa shape index (κ1) is 16.4. The second-order valence-corrected chi connectivity index (χ2v) is 4.87. The van der Waals surface area contributed by atoms with Crippen molar-refractivity contribution in [2.24, 2.45) is 10.2 Å². The van der Waals surface area contributed by atoms with Crippen LogP contribution in [0.4, 0.5) is 11.4 Å². The predicted octanol–water partition coefficient (Wildman–Crippen LogP) is 3.45. The second kappa shape index (κ2) is 8.43. The molecule has 2 N–H and O–H groups in total. The van der Waals surface area contributed by atoms with E-state index >= 15 is 0 Å². The Morgan fingerprint density at radius 3 is 1.74 bits per heavy atom. The van der Waals surface area contributed by atoms with Crippen LogP contribution in [0.1, 0.15) is 12.8 Å². The zero-order valence-electron chi connectivity index (χ0n) is 12.4. The molecule has 0 spiro atoms. The largest absolute Gasteiger partial charge is 0.480 e. The lowest BCUT2D eigenvalue weighted by atomic mass is 10.2. The number of aliphatic carboxylic acids is 1. The van der Waals surface area contributed by atoms with E-state index in [1.807, 2.05) is 60.7 Å². The van der Waals surface area contributed by atoms with Crippen molar-refractivity contribution in [3.05, 3.63) is 60.7 Å². The van der Waals surface area contributed by atoms with Gasteiger partial charge < -0.3 is 10.4 Å². The maximum absolute atomic E-state index is 10.4. The van der Waals surface area contributed by atoms with E-state index in [9.17, 15) is 9.59 Å². The van der Waals surface area contributed by atoms with Crippen LogP contribution < -0.4 is 5.32 Å². The molecule has 2 aromatic rings. The summed E-state index contributed by atoms with van der Waals surface area (Å²) in [7, 11) is 0. The summed E-state index contributed by atoms with van der Waals surface area (Å²) in [4.78, 5) is 20.5. The zero-order chi connectivity index (χ0) is 16.5. The van der Waals surface area contributed by atoms with Crippen molar-refractivity contribution in [3.8, 4) is 0 Å². The maximum atomic E-state index is 10.4. The summed E-state index contributed by atoms with van der Waals surface area (Å²) in [5.74, 6) is -1.11. The molecule has 1 fully saturated rings. The first-order valence-corrected chi connectivity index (χ1v) is 7.19. The normalized spacial score (nSPS) is 16.5. The van der Waals surface area contributed by atoms with Gasteiger partial charge in [0.05, 0.1) is 11.4 Å². The number of benzene rings is 2. The number of carbonyl (C=O) groups is 2.